The number of hydrogen-bond donors (Lipinski definition) is 0. The molecule has 27 heavy (non-hydrogen) atoms. The van der Waals surface area contributed by atoms with Crippen LogP contribution in [-0.4, -0.2) is 44.2 Å². The molecule has 1 aliphatic rings. The van der Waals surface area contributed by atoms with E-state index in [0.29, 0.717) is 42.8 Å². The third-order valence-corrected chi connectivity index (χ3v) is 4.74. The van der Waals surface area contributed by atoms with Crippen LogP contribution in [0.2, 0.25) is 0 Å². The summed E-state index contributed by atoms with van der Waals surface area (Å²) < 4.78 is 10.4. The molecule has 8 nitrogen and oxygen atoms in total. The molecule has 1 fully saturated rings. The summed E-state index contributed by atoms with van der Waals surface area (Å²) in [4.78, 5) is 23.2. The van der Waals surface area contributed by atoms with Crippen LogP contribution in [0.25, 0.3) is 11.4 Å². The maximum Gasteiger partial charge on any atom is 0.227 e. The number of aryl methyl sites for hydroxylation is 2. The smallest absolute Gasteiger partial charge is 0.227 e. The van der Waals surface area contributed by atoms with Crippen LogP contribution in [0.4, 0.5) is 0 Å². The zero-order valence-electron chi connectivity index (χ0n) is 15.2. The first kappa shape index (κ1) is 17.4. The Balaban J connectivity index is 1.33. The van der Waals surface area contributed by atoms with Crippen LogP contribution in [0.3, 0.4) is 0 Å². The maximum absolute atomic E-state index is 12.6. The summed E-state index contributed by atoms with van der Waals surface area (Å²) in [6, 6.07) is 9.63. The van der Waals surface area contributed by atoms with Gasteiger partial charge in [0.1, 0.15) is 0 Å². The van der Waals surface area contributed by atoms with Gasteiger partial charge in [0, 0.05) is 44.3 Å². The first-order chi connectivity index (χ1) is 13.2. The van der Waals surface area contributed by atoms with E-state index in [4.69, 9.17) is 9.05 Å². The van der Waals surface area contributed by atoms with E-state index in [-0.39, 0.29) is 11.8 Å². The molecule has 0 radical (unpaired) electrons. The highest BCUT2D eigenvalue weighted by Crippen LogP contribution is 2.25. The van der Waals surface area contributed by atoms with Crippen molar-refractivity contribution in [1.29, 1.82) is 0 Å². The SMILES string of the molecule is Cc1nc([C@H]2CCCN(C(=O)CCc3nc(-c4ccccc4)no3)C2)no1. The van der Waals surface area contributed by atoms with E-state index >= 15 is 0 Å². The fourth-order valence-corrected chi connectivity index (χ4v) is 3.33. The van der Waals surface area contributed by atoms with E-state index in [1.54, 1.807) is 6.92 Å². The lowest BCUT2D eigenvalue weighted by Crippen LogP contribution is -2.39. The number of piperidine rings is 1. The predicted molar refractivity (Wildman–Crippen MR) is 95.6 cm³/mol. The summed E-state index contributed by atoms with van der Waals surface area (Å²) in [5.41, 5.74) is 0.896. The fraction of sp³-hybridized carbons (Fsp3) is 0.421. The molecule has 3 aromatic rings. The average molecular weight is 367 g/mol. The molecule has 0 N–H and O–H groups in total. The van der Waals surface area contributed by atoms with Crippen molar-refractivity contribution in [2.24, 2.45) is 0 Å². The zero-order chi connectivity index (χ0) is 18.6. The van der Waals surface area contributed by atoms with Crippen LogP contribution in [0, 0.1) is 6.92 Å². The molecule has 0 saturated carbocycles. The van der Waals surface area contributed by atoms with Crippen molar-refractivity contribution in [3.8, 4) is 11.4 Å². The van der Waals surface area contributed by atoms with Gasteiger partial charge in [-0.15, -0.1) is 0 Å². The number of nitrogens with zero attached hydrogens (tertiary/aromatic N) is 5. The number of likely N-dealkylation sites (tertiary alicyclic amines) is 1. The highest BCUT2D eigenvalue weighted by Gasteiger charge is 2.27. The van der Waals surface area contributed by atoms with E-state index in [9.17, 15) is 4.79 Å². The molecule has 140 valence electrons. The van der Waals surface area contributed by atoms with Gasteiger partial charge in [0.2, 0.25) is 23.5 Å². The molecule has 8 heteroatoms. The van der Waals surface area contributed by atoms with Gasteiger partial charge in [-0.1, -0.05) is 40.6 Å². The average Bonchev–Trinajstić information content (AvgIpc) is 3.36. The normalized spacial score (nSPS) is 17.2. The molecule has 3 heterocycles. The summed E-state index contributed by atoms with van der Waals surface area (Å²) >= 11 is 0. The predicted octanol–water partition coefficient (Wildman–Crippen LogP) is 2.77. The molecule has 1 amide bonds. The lowest BCUT2D eigenvalue weighted by atomic mass is 9.97. The van der Waals surface area contributed by atoms with E-state index in [1.165, 1.54) is 0 Å². The van der Waals surface area contributed by atoms with Crippen LogP contribution in [0.1, 0.15) is 42.8 Å². The minimum Gasteiger partial charge on any atom is -0.342 e. The Labute approximate surface area is 156 Å². The second-order valence-electron chi connectivity index (χ2n) is 6.73. The first-order valence-electron chi connectivity index (χ1n) is 9.15. The van der Waals surface area contributed by atoms with Gasteiger partial charge in [-0.2, -0.15) is 9.97 Å². The largest absolute Gasteiger partial charge is 0.342 e. The summed E-state index contributed by atoms with van der Waals surface area (Å²) in [7, 11) is 0. The van der Waals surface area contributed by atoms with Crippen molar-refractivity contribution in [2.45, 2.75) is 38.5 Å². The molecule has 1 aromatic carbocycles. The molecule has 4 rings (SSSR count). The van der Waals surface area contributed by atoms with E-state index in [1.807, 2.05) is 35.2 Å². The van der Waals surface area contributed by atoms with Gasteiger partial charge in [0.15, 0.2) is 5.82 Å². The summed E-state index contributed by atoms with van der Waals surface area (Å²) in [5.74, 6) is 2.48. The highest BCUT2D eigenvalue weighted by molar-refractivity contribution is 5.76. The Kier molecular flexibility index (Phi) is 4.95. The summed E-state index contributed by atoms with van der Waals surface area (Å²) in [6.07, 6.45) is 2.67. The quantitative estimate of drug-likeness (QED) is 0.684. The Bertz CT molecular complexity index is 905. The van der Waals surface area contributed by atoms with E-state index < -0.39 is 0 Å². The topological polar surface area (TPSA) is 98.2 Å². The lowest BCUT2D eigenvalue weighted by molar-refractivity contribution is -0.132. The van der Waals surface area contributed by atoms with Crippen LogP contribution in [0.15, 0.2) is 39.4 Å². The monoisotopic (exact) mass is 367 g/mol. The van der Waals surface area contributed by atoms with Crippen molar-refractivity contribution in [2.75, 3.05) is 13.1 Å². The second kappa shape index (κ2) is 7.69. The third kappa shape index (κ3) is 4.05. The van der Waals surface area contributed by atoms with Crippen molar-refractivity contribution in [3.63, 3.8) is 0 Å². The minimum atomic E-state index is 0.0828. The molecule has 2 aromatic heterocycles. The van der Waals surface area contributed by atoms with Gasteiger partial charge in [0.05, 0.1) is 0 Å². The van der Waals surface area contributed by atoms with Gasteiger partial charge < -0.3 is 13.9 Å². The van der Waals surface area contributed by atoms with Gasteiger partial charge in [0.25, 0.3) is 0 Å². The number of amides is 1. The molecule has 0 bridgehead atoms. The van der Waals surface area contributed by atoms with Gasteiger partial charge in [-0.05, 0) is 12.8 Å². The van der Waals surface area contributed by atoms with Crippen molar-refractivity contribution < 1.29 is 13.8 Å². The molecule has 1 atom stereocenters. The summed E-state index contributed by atoms with van der Waals surface area (Å²) in [6.45, 7) is 3.15. The number of hydrogen-bond acceptors (Lipinski definition) is 7. The molecule has 1 aliphatic heterocycles. The van der Waals surface area contributed by atoms with Gasteiger partial charge >= 0.3 is 0 Å². The minimum absolute atomic E-state index is 0.0828. The standard InChI is InChI=1S/C19H21N5O3/c1-13-20-19(22-26-13)15-8-5-11-24(12-15)17(25)10-9-16-21-18(23-27-16)14-6-3-2-4-7-14/h2-4,6-7,15H,5,8-12H2,1H3/t15-/m0/s1. The molecular formula is C19H21N5O3. The number of rotatable bonds is 5. The first-order valence-corrected chi connectivity index (χ1v) is 9.15. The van der Waals surface area contributed by atoms with Crippen molar-refractivity contribution in [3.05, 3.63) is 47.9 Å². The third-order valence-electron chi connectivity index (χ3n) is 4.74. The van der Waals surface area contributed by atoms with Gasteiger partial charge in [-0.3, -0.25) is 4.79 Å². The Morgan fingerprint density at radius 2 is 2.04 bits per heavy atom. The van der Waals surface area contributed by atoms with Crippen LogP contribution >= 0.6 is 0 Å². The fourth-order valence-electron chi connectivity index (χ4n) is 3.33. The van der Waals surface area contributed by atoms with Crippen LogP contribution < -0.4 is 0 Å². The van der Waals surface area contributed by atoms with Crippen molar-refractivity contribution in [1.82, 2.24) is 25.2 Å². The Morgan fingerprint density at radius 3 is 2.81 bits per heavy atom. The maximum atomic E-state index is 12.6. The van der Waals surface area contributed by atoms with Crippen LogP contribution in [-0.2, 0) is 11.2 Å². The number of carbonyl (C=O) groups excluding carboxylic acids is 1. The lowest BCUT2D eigenvalue weighted by Gasteiger charge is -2.31. The Morgan fingerprint density at radius 1 is 1.19 bits per heavy atom. The second-order valence-corrected chi connectivity index (χ2v) is 6.73. The van der Waals surface area contributed by atoms with Crippen molar-refractivity contribution >= 4 is 5.91 Å². The molecular weight excluding hydrogens is 346 g/mol. The van der Waals surface area contributed by atoms with E-state index in [2.05, 4.69) is 20.3 Å². The Hall–Kier alpha value is -3.03. The molecule has 0 unspecified atom stereocenters. The van der Waals surface area contributed by atoms with Gasteiger partial charge in [-0.25, -0.2) is 0 Å². The van der Waals surface area contributed by atoms with Crippen LogP contribution in [0.5, 0.6) is 0 Å². The number of benzene rings is 1. The zero-order valence-corrected chi connectivity index (χ0v) is 15.2. The molecule has 0 spiro atoms. The molecule has 1 saturated heterocycles. The highest BCUT2D eigenvalue weighted by atomic mass is 16.5. The van der Waals surface area contributed by atoms with E-state index in [0.717, 1.165) is 24.9 Å². The summed E-state index contributed by atoms with van der Waals surface area (Å²) in [5, 5.41) is 7.99. The molecule has 0 aliphatic carbocycles. The number of carbonyl (C=O) groups is 1. The number of aromatic nitrogens is 4.